The third-order valence-corrected chi connectivity index (χ3v) is 8.88. The third kappa shape index (κ3) is 4.98. The van der Waals surface area contributed by atoms with Gasteiger partial charge in [0.2, 0.25) is 0 Å². The molecule has 4 bridgehead atoms. The fourth-order valence-electron chi connectivity index (χ4n) is 6.69. The first kappa shape index (κ1) is 25.5. The summed E-state index contributed by atoms with van der Waals surface area (Å²) in [7, 11) is 0. The normalized spacial score (nSPS) is 27.8. The first-order valence-electron chi connectivity index (χ1n) is 14.6. The molecule has 6 aliphatic heterocycles. The van der Waals surface area contributed by atoms with Crippen molar-refractivity contribution in [3.63, 3.8) is 0 Å². The van der Waals surface area contributed by atoms with Crippen LogP contribution in [0.4, 0.5) is 5.82 Å². The highest BCUT2D eigenvalue weighted by Crippen LogP contribution is 2.37. The summed E-state index contributed by atoms with van der Waals surface area (Å²) >= 11 is 0. The molecule has 0 aromatic carbocycles. The standard InChI is InChI=1S/C33H34N8/c34-14-27(15-35)33-30(12-26(18-39-33)24-4-2-1-3-5-24)25-6-7-32(38-17-25)40-20-28-13-29(21-40)41(28)19-23-10-22-8-9-36-31(11-22)37-16-23/h4,6-12,14,16-18,28-29,31,34,36,39H,1-3,5,13,19-21H2/b33-27+,34-14?. The van der Waals surface area contributed by atoms with Crippen LogP contribution in [0.25, 0.3) is 5.57 Å². The fourth-order valence-corrected chi connectivity index (χ4v) is 6.69. The summed E-state index contributed by atoms with van der Waals surface area (Å²) < 4.78 is 0. The van der Waals surface area contributed by atoms with Crippen LogP contribution in [0.1, 0.15) is 37.7 Å². The van der Waals surface area contributed by atoms with Gasteiger partial charge in [-0.25, -0.2) is 4.98 Å². The zero-order valence-electron chi connectivity index (χ0n) is 23.1. The number of hydrogen-bond acceptors (Lipinski definition) is 8. The third-order valence-electron chi connectivity index (χ3n) is 8.88. The van der Waals surface area contributed by atoms with Crippen molar-refractivity contribution in [2.75, 3.05) is 24.5 Å². The number of allylic oxidation sites excluding steroid dienone is 9. The lowest BCUT2D eigenvalue weighted by Crippen LogP contribution is -2.69. The highest BCUT2D eigenvalue weighted by atomic mass is 15.4. The van der Waals surface area contributed by atoms with E-state index in [4.69, 9.17) is 10.4 Å². The highest BCUT2D eigenvalue weighted by Gasteiger charge is 2.44. The number of pyridine rings is 1. The Balaban J connectivity index is 1.07. The Hall–Kier alpha value is -4.48. The molecular formula is C33H34N8. The van der Waals surface area contributed by atoms with Crippen LogP contribution in [-0.2, 0) is 0 Å². The lowest BCUT2D eigenvalue weighted by atomic mass is 9.86. The number of anilines is 1. The van der Waals surface area contributed by atoms with E-state index >= 15 is 0 Å². The van der Waals surface area contributed by atoms with Gasteiger partial charge < -0.3 is 20.9 Å². The maximum absolute atomic E-state index is 9.68. The Kier molecular flexibility index (Phi) is 6.73. The number of hydrogen-bond donors (Lipinski definition) is 3. The van der Waals surface area contributed by atoms with Crippen molar-refractivity contribution in [2.45, 2.75) is 50.4 Å². The summed E-state index contributed by atoms with van der Waals surface area (Å²) in [5.41, 5.74) is 7.79. The van der Waals surface area contributed by atoms with Crippen molar-refractivity contribution in [2.24, 2.45) is 4.99 Å². The largest absolute Gasteiger partial charge is 0.367 e. The van der Waals surface area contributed by atoms with Crippen LogP contribution < -0.4 is 15.5 Å². The average Bonchev–Trinajstić information content (AvgIpc) is 3.17. The quantitative estimate of drug-likeness (QED) is 0.361. The Labute approximate surface area is 241 Å². The SMILES string of the molecule is N#C/C(C=N)=C1/NC=C(C2=CCCCC2)C=C1c1ccc(N2CC3CC(C2)N3CC2=CC3=CC(N=C2)NC=C3)nc1. The van der Waals surface area contributed by atoms with E-state index in [1.807, 2.05) is 24.8 Å². The van der Waals surface area contributed by atoms with E-state index in [1.165, 1.54) is 36.0 Å². The molecule has 0 radical (unpaired) electrons. The molecule has 3 atom stereocenters. The second-order valence-electron chi connectivity index (χ2n) is 11.5. The van der Waals surface area contributed by atoms with Gasteiger partial charge in [0, 0.05) is 67.7 Å². The van der Waals surface area contributed by atoms with Crippen molar-refractivity contribution >= 4 is 23.8 Å². The van der Waals surface area contributed by atoms with Crippen LogP contribution in [0.2, 0.25) is 0 Å². The summed E-state index contributed by atoms with van der Waals surface area (Å²) in [4.78, 5) is 14.6. The first-order valence-corrected chi connectivity index (χ1v) is 14.6. The van der Waals surface area contributed by atoms with Crippen LogP contribution in [0, 0.1) is 16.7 Å². The molecule has 7 heterocycles. The van der Waals surface area contributed by atoms with Crippen LogP contribution >= 0.6 is 0 Å². The fraction of sp³-hybridized carbons (Fsp3) is 0.333. The van der Waals surface area contributed by atoms with E-state index in [0.717, 1.165) is 61.2 Å². The topological polar surface area (TPSA) is 103 Å². The van der Waals surface area contributed by atoms with Gasteiger partial charge in [-0.15, -0.1) is 0 Å². The number of nitriles is 1. The van der Waals surface area contributed by atoms with Crippen LogP contribution in [0.3, 0.4) is 0 Å². The molecule has 8 rings (SSSR count). The number of nitrogens with one attached hydrogen (secondary N) is 3. The van der Waals surface area contributed by atoms with Crippen molar-refractivity contribution < 1.29 is 0 Å². The van der Waals surface area contributed by atoms with Crippen LogP contribution in [0.15, 0.2) is 99.7 Å². The second kappa shape index (κ2) is 10.8. The summed E-state index contributed by atoms with van der Waals surface area (Å²) in [5, 5.41) is 24.0. The molecule has 7 aliphatic rings. The molecule has 206 valence electrons. The summed E-state index contributed by atoms with van der Waals surface area (Å²) in [6.45, 7) is 2.85. The molecule has 1 aromatic heterocycles. The summed E-state index contributed by atoms with van der Waals surface area (Å²) in [5.74, 6) is 0.988. The highest BCUT2D eigenvalue weighted by molar-refractivity contribution is 5.93. The van der Waals surface area contributed by atoms with Crippen molar-refractivity contribution in [1.29, 1.82) is 10.7 Å². The molecule has 8 nitrogen and oxygen atoms in total. The number of rotatable bonds is 6. The molecule has 41 heavy (non-hydrogen) atoms. The average molecular weight is 543 g/mol. The number of piperidine rings is 1. The Morgan fingerprint density at radius 2 is 2.10 bits per heavy atom. The van der Waals surface area contributed by atoms with Gasteiger partial charge in [-0.1, -0.05) is 6.08 Å². The molecule has 8 heteroatoms. The maximum Gasteiger partial charge on any atom is 0.138 e. The van der Waals surface area contributed by atoms with Crippen molar-refractivity contribution in [3.8, 4) is 6.07 Å². The lowest BCUT2D eigenvalue weighted by molar-refractivity contribution is 0.00937. The van der Waals surface area contributed by atoms with Gasteiger partial charge in [0.05, 0.1) is 11.3 Å². The molecular weight excluding hydrogens is 508 g/mol. The van der Waals surface area contributed by atoms with E-state index in [2.05, 4.69) is 74.0 Å². The van der Waals surface area contributed by atoms with Gasteiger partial charge in [0.15, 0.2) is 0 Å². The molecule has 3 N–H and O–H groups in total. The lowest BCUT2D eigenvalue weighted by Gasteiger charge is -2.56. The number of aromatic nitrogens is 1. The summed E-state index contributed by atoms with van der Waals surface area (Å²) in [6.07, 6.45) is 25.9. The van der Waals surface area contributed by atoms with Gasteiger partial charge >= 0.3 is 0 Å². The zero-order chi connectivity index (χ0) is 27.8. The molecule has 0 saturated carbocycles. The molecule has 1 aliphatic carbocycles. The number of aliphatic imine (C=N–C) groups is 1. The van der Waals surface area contributed by atoms with Gasteiger partial charge in [-0.05, 0) is 97.0 Å². The molecule has 0 spiro atoms. The van der Waals surface area contributed by atoms with E-state index in [0.29, 0.717) is 23.4 Å². The Morgan fingerprint density at radius 1 is 1.20 bits per heavy atom. The number of nitrogens with zero attached hydrogens (tertiary/aromatic N) is 5. The second-order valence-corrected chi connectivity index (χ2v) is 11.5. The number of dihydropyridines is 2. The molecule has 3 saturated heterocycles. The minimum atomic E-state index is 0.0412. The van der Waals surface area contributed by atoms with Crippen molar-refractivity contribution in [3.05, 3.63) is 100 Å². The maximum atomic E-state index is 9.68. The van der Waals surface area contributed by atoms with Gasteiger partial charge in [0.25, 0.3) is 0 Å². The first-order chi connectivity index (χ1) is 20.2. The zero-order valence-corrected chi connectivity index (χ0v) is 23.1. The number of fused-ring (bicyclic) bond motifs is 3. The van der Waals surface area contributed by atoms with Crippen molar-refractivity contribution in [1.82, 2.24) is 20.5 Å². The monoisotopic (exact) mass is 542 g/mol. The van der Waals surface area contributed by atoms with E-state index in [-0.39, 0.29) is 6.17 Å². The minimum absolute atomic E-state index is 0.0412. The van der Waals surface area contributed by atoms with Crippen LogP contribution in [-0.4, -0.2) is 60.2 Å². The predicted octanol–water partition coefficient (Wildman–Crippen LogP) is 4.52. The summed E-state index contributed by atoms with van der Waals surface area (Å²) in [6, 6.07) is 7.40. The predicted molar refractivity (Wildman–Crippen MR) is 163 cm³/mol. The van der Waals surface area contributed by atoms with Gasteiger partial charge in [0.1, 0.15) is 18.1 Å². The molecule has 0 amide bonds. The number of piperazine rings is 1. The van der Waals surface area contributed by atoms with E-state index < -0.39 is 0 Å². The minimum Gasteiger partial charge on any atom is -0.367 e. The molecule has 3 fully saturated rings. The van der Waals surface area contributed by atoms with E-state index in [1.54, 1.807) is 0 Å². The molecule has 3 unspecified atom stereocenters. The van der Waals surface area contributed by atoms with Gasteiger partial charge in [-0.3, -0.25) is 9.89 Å². The molecule has 1 aromatic rings. The van der Waals surface area contributed by atoms with Crippen LogP contribution in [0.5, 0.6) is 0 Å². The Bertz CT molecular complexity index is 1530. The van der Waals surface area contributed by atoms with Gasteiger partial charge in [-0.2, -0.15) is 5.26 Å². The Morgan fingerprint density at radius 3 is 2.85 bits per heavy atom. The smallest absolute Gasteiger partial charge is 0.138 e. The van der Waals surface area contributed by atoms with E-state index in [9.17, 15) is 5.26 Å².